The quantitative estimate of drug-likeness (QED) is 0.462. The van der Waals surface area contributed by atoms with Crippen LogP contribution in [0.2, 0.25) is 0 Å². The highest BCUT2D eigenvalue weighted by Gasteiger charge is 2.05. The van der Waals surface area contributed by atoms with Crippen LogP contribution in [-0.4, -0.2) is 21.6 Å². The molecule has 80 valence electrons. The van der Waals surface area contributed by atoms with Crippen molar-refractivity contribution in [2.24, 2.45) is 5.92 Å². The third-order valence-corrected chi connectivity index (χ3v) is 3.41. The summed E-state index contributed by atoms with van der Waals surface area (Å²) in [5.74, 6) is 1.92. The Bertz CT molecular complexity index is 375. The maximum atomic E-state index is 8.74. The number of thioether (sulfide) groups is 1. The van der Waals surface area contributed by atoms with Crippen molar-refractivity contribution in [3.8, 4) is 6.07 Å². The highest BCUT2D eigenvalue weighted by Crippen LogP contribution is 2.18. The molecule has 0 fully saturated rings. The summed E-state index contributed by atoms with van der Waals surface area (Å²) in [7, 11) is 0. The smallest absolute Gasteiger partial charge is 0.189 e. The third-order valence-electron chi connectivity index (χ3n) is 1.71. The van der Waals surface area contributed by atoms with E-state index in [4.69, 9.17) is 16.9 Å². The van der Waals surface area contributed by atoms with Crippen molar-refractivity contribution in [2.45, 2.75) is 19.0 Å². The van der Waals surface area contributed by atoms with Gasteiger partial charge < -0.3 is 0 Å². The number of alkyl halides is 1. The van der Waals surface area contributed by atoms with E-state index in [0.29, 0.717) is 22.6 Å². The second-order valence-corrected chi connectivity index (χ2v) is 4.66. The topological polar surface area (TPSA) is 49.6 Å². The second-order valence-electron chi connectivity index (χ2n) is 3.36. The van der Waals surface area contributed by atoms with Crippen molar-refractivity contribution in [3.63, 3.8) is 0 Å². The van der Waals surface area contributed by atoms with Crippen LogP contribution in [0.1, 0.15) is 18.3 Å². The Morgan fingerprint density at radius 3 is 2.93 bits per heavy atom. The maximum absolute atomic E-state index is 8.74. The van der Waals surface area contributed by atoms with E-state index < -0.39 is 0 Å². The van der Waals surface area contributed by atoms with E-state index in [-0.39, 0.29) is 0 Å². The Labute approximate surface area is 98.9 Å². The average molecular weight is 242 g/mol. The van der Waals surface area contributed by atoms with Crippen LogP contribution in [-0.2, 0) is 0 Å². The molecule has 0 aliphatic rings. The van der Waals surface area contributed by atoms with E-state index in [2.05, 4.69) is 16.9 Å². The van der Waals surface area contributed by atoms with E-state index in [1.807, 2.05) is 13.0 Å². The lowest BCUT2D eigenvalue weighted by molar-refractivity contribution is 0.755. The molecule has 0 aliphatic carbocycles. The zero-order valence-electron chi connectivity index (χ0n) is 8.70. The summed E-state index contributed by atoms with van der Waals surface area (Å²) in [6, 6.07) is 3.69. The molecule has 15 heavy (non-hydrogen) atoms. The Balaban J connectivity index is 2.69. The van der Waals surface area contributed by atoms with Crippen molar-refractivity contribution in [1.82, 2.24) is 9.97 Å². The predicted molar refractivity (Wildman–Crippen MR) is 62.1 cm³/mol. The average Bonchev–Trinajstić information content (AvgIpc) is 2.25. The largest absolute Gasteiger partial charge is 0.228 e. The number of hydrogen-bond acceptors (Lipinski definition) is 4. The monoisotopic (exact) mass is 241 g/mol. The van der Waals surface area contributed by atoms with Gasteiger partial charge in [-0.05, 0) is 18.9 Å². The van der Waals surface area contributed by atoms with Gasteiger partial charge in [-0.3, -0.25) is 0 Å². The summed E-state index contributed by atoms with van der Waals surface area (Å²) in [4.78, 5) is 8.35. The first-order chi connectivity index (χ1) is 7.15. The minimum Gasteiger partial charge on any atom is -0.228 e. The number of hydrogen-bond donors (Lipinski definition) is 0. The molecular weight excluding hydrogens is 230 g/mol. The number of aromatic nitrogens is 2. The highest BCUT2D eigenvalue weighted by molar-refractivity contribution is 7.99. The molecule has 0 radical (unpaired) electrons. The van der Waals surface area contributed by atoms with Crippen LogP contribution < -0.4 is 0 Å². The number of aryl methyl sites for hydroxylation is 1. The molecular formula is C10H12ClN3S. The van der Waals surface area contributed by atoms with Crippen molar-refractivity contribution in [3.05, 3.63) is 17.5 Å². The fourth-order valence-electron chi connectivity index (χ4n) is 0.924. The molecule has 0 saturated heterocycles. The van der Waals surface area contributed by atoms with Gasteiger partial charge in [0.1, 0.15) is 11.8 Å². The van der Waals surface area contributed by atoms with Gasteiger partial charge in [0.25, 0.3) is 0 Å². The molecule has 1 aromatic heterocycles. The molecule has 0 spiro atoms. The van der Waals surface area contributed by atoms with Gasteiger partial charge in [0, 0.05) is 17.3 Å². The fourth-order valence-corrected chi connectivity index (χ4v) is 2.09. The first-order valence-electron chi connectivity index (χ1n) is 4.60. The van der Waals surface area contributed by atoms with Gasteiger partial charge in [-0.2, -0.15) is 5.26 Å². The number of nitrogens with zero attached hydrogens (tertiary/aromatic N) is 3. The standard InChI is InChI=1S/C10H12ClN3S/c1-7(4-11)6-15-10-13-8(2)3-9(5-12)14-10/h3,7H,4,6H2,1-2H3. The summed E-state index contributed by atoms with van der Waals surface area (Å²) in [5.41, 5.74) is 1.24. The lowest BCUT2D eigenvalue weighted by atomic mass is 10.3. The number of halogens is 1. The van der Waals surface area contributed by atoms with Gasteiger partial charge in [0.05, 0.1) is 0 Å². The van der Waals surface area contributed by atoms with Gasteiger partial charge >= 0.3 is 0 Å². The molecule has 0 aliphatic heterocycles. The van der Waals surface area contributed by atoms with E-state index in [1.54, 1.807) is 6.07 Å². The second kappa shape index (κ2) is 5.94. The Hall–Kier alpha value is -0.790. The normalized spacial score (nSPS) is 12.1. The molecule has 1 atom stereocenters. The minimum absolute atomic E-state index is 0.420. The van der Waals surface area contributed by atoms with Crippen LogP contribution >= 0.6 is 23.4 Å². The van der Waals surface area contributed by atoms with Gasteiger partial charge in [-0.1, -0.05) is 18.7 Å². The van der Waals surface area contributed by atoms with Crippen molar-refractivity contribution in [2.75, 3.05) is 11.6 Å². The molecule has 0 N–H and O–H groups in total. The van der Waals surface area contributed by atoms with Crippen LogP contribution in [0.4, 0.5) is 0 Å². The van der Waals surface area contributed by atoms with Crippen LogP contribution in [0.25, 0.3) is 0 Å². The number of rotatable bonds is 4. The van der Waals surface area contributed by atoms with Crippen LogP contribution in [0.15, 0.2) is 11.2 Å². The summed E-state index contributed by atoms with van der Waals surface area (Å²) < 4.78 is 0. The van der Waals surface area contributed by atoms with Crippen LogP contribution in [0.5, 0.6) is 0 Å². The van der Waals surface area contributed by atoms with Crippen LogP contribution in [0, 0.1) is 24.2 Å². The Morgan fingerprint density at radius 1 is 1.60 bits per heavy atom. The summed E-state index contributed by atoms with van der Waals surface area (Å²) in [5, 5.41) is 9.40. The van der Waals surface area contributed by atoms with E-state index in [0.717, 1.165) is 11.4 Å². The van der Waals surface area contributed by atoms with Gasteiger partial charge in [-0.15, -0.1) is 11.6 Å². The highest BCUT2D eigenvalue weighted by atomic mass is 35.5. The summed E-state index contributed by atoms with van der Waals surface area (Å²) >= 11 is 7.24. The first kappa shape index (κ1) is 12.3. The summed E-state index contributed by atoms with van der Waals surface area (Å²) in [6.07, 6.45) is 0. The van der Waals surface area contributed by atoms with Gasteiger partial charge in [0.15, 0.2) is 5.16 Å². The maximum Gasteiger partial charge on any atom is 0.189 e. The molecule has 1 aromatic rings. The minimum atomic E-state index is 0.420. The Morgan fingerprint density at radius 2 is 2.33 bits per heavy atom. The zero-order chi connectivity index (χ0) is 11.3. The predicted octanol–water partition coefficient (Wildman–Crippen LogP) is 2.62. The lowest BCUT2D eigenvalue weighted by Crippen LogP contribution is -2.01. The number of nitriles is 1. The zero-order valence-corrected chi connectivity index (χ0v) is 10.3. The Kier molecular flexibility index (Phi) is 4.86. The van der Waals surface area contributed by atoms with Crippen LogP contribution in [0.3, 0.4) is 0 Å². The van der Waals surface area contributed by atoms with E-state index >= 15 is 0 Å². The molecule has 1 unspecified atom stereocenters. The van der Waals surface area contributed by atoms with E-state index in [1.165, 1.54) is 11.8 Å². The van der Waals surface area contributed by atoms with E-state index in [9.17, 15) is 0 Å². The molecule has 1 rings (SSSR count). The SMILES string of the molecule is Cc1cc(C#N)nc(SCC(C)CCl)n1. The van der Waals surface area contributed by atoms with Crippen molar-refractivity contribution in [1.29, 1.82) is 5.26 Å². The molecule has 0 amide bonds. The van der Waals surface area contributed by atoms with Crippen molar-refractivity contribution < 1.29 is 0 Å². The molecule has 0 aromatic carbocycles. The molecule has 0 bridgehead atoms. The first-order valence-corrected chi connectivity index (χ1v) is 6.12. The third kappa shape index (κ3) is 4.06. The molecule has 0 saturated carbocycles. The molecule has 5 heteroatoms. The molecule has 3 nitrogen and oxygen atoms in total. The van der Waals surface area contributed by atoms with Gasteiger partial charge in [-0.25, -0.2) is 9.97 Å². The van der Waals surface area contributed by atoms with Gasteiger partial charge in [0.2, 0.25) is 0 Å². The van der Waals surface area contributed by atoms with Crippen molar-refractivity contribution >= 4 is 23.4 Å². The summed E-state index contributed by atoms with van der Waals surface area (Å²) in [6.45, 7) is 3.93. The fraction of sp³-hybridized carbons (Fsp3) is 0.500. The lowest BCUT2D eigenvalue weighted by Gasteiger charge is -2.05. The molecule has 1 heterocycles.